The van der Waals surface area contributed by atoms with E-state index < -0.39 is 5.97 Å². The summed E-state index contributed by atoms with van der Waals surface area (Å²) in [5.74, 6) is -0.890. The summed E-state index contributed by atoms with van der Waals surface area (Å²) in [5.41, 5.74) is 3.35. The Bertz CT molecular complexity index is 887. The predicted molar refractivity (Wildman–Crippen MR) is 97.6 cm³/mol. The van der Waals surface area contributed by atoms with Gasteiger partial charge in [0, 0.05) is 5.69 Å². The molecule has 0 aliphatic carbocycles. The zero-order chi connectivity index (χ0) is 17.6. The summed E-state index contributed by atoms with van der Waals surface area (Å²) in [6, 6.07) is 24.1. The highest BCUT2D eigenvalue weighted by molar-refractivity contribution is 6.11. The van der Waals surface area contributed by atoms with Gasteiger partial charge in [-0.15, -0.1) is 0 Å². The van der Waals surface area contributed by atoms with Gasteiger partial charge in [-0.05, 0) is 35.4 Å². The van der Waals surface area contributed by atoms with Crippen LogP contribution < -0.4 is 5.32 Å². The Morgan fingerprint density at radius 1 is 0.720 bits per heavy atom. The average Bonchev–Trinajstić information content (AvgIpc) is 2.68. The first-order valence-electron chi connectivity index (χ1n) is 7.83. The summed E-state index contributed by atoms with van der Waals surface area (Å²) >= 11 is 0. The van der Waals surface area contributed by atoms with Gasteiger partial charge in [0.15, 0.2) is 0 Å². The van der Waals surface area contributed by atoms with Gasteiger partial charge in [0.1, 0.15) is 0 Å². The average molecular weight is 331 g/mol. The van der Waals surface area contributed by atoms with Crippen LogP contribution in [0.4, 0.5) is 5.69 Å². The zero-order valence-corrected chi connectivity index (χ0v) is 13.7. The van der Waals surface area contributed by atoms with Crippen LogP contribution in [0, 0.1) is 0 Å². The third-order valence-corrected chi connectivity index (χ3v) is 3.83. The van der Waals surface area contributed by atoms with Crippen LogP contribution in [-0.4, -0.2) is 19.0 Å². The molecule has 0 aliphatic heterocycles. The highest BCUT2D eigenvalue weighted by atomic mass is 16.5. The molecule has 0 fully saturated rings. The number of hydrogen-bond donors (Lipinski definition) is 1. The molecule has 3 rings (SSSR count). The Balaban J connectivity index is 1.79. The summed E-state index contributed by atoms with van der Waals surface area (Å²) in [7, 11) is 1.29. The maximum atomic E-state index is 12.5. The van der Waals surface area contributed by atoms with E-state index in [1.54, 1.807) is 24.3 Å². The van der Waals surface area contributed by atoms with Crippen molar-refractivity contribution < 1.29 is 14.3 Å². The van der Waals surface area contributed by atoms with Gasteiger partial charge in [0.25, 0.3) is 5.91 Å². The fraction of sp³-hybridized carbons (Fsp3) is 0.0476. The Morgan fingerprint density at radius 2 is 1.28 bits per heavy atom. The molecule has 0 aromatic heterocycles. The molecule has 1 amide bonds. The molecule has 0 unspecified atom stereocenters. The molecule has 0 heterocycles. The first-order chi connectivity index (χ1) is 12.2. The normalized spacial score (nSPS) is 10.1. The van der Waals surface area contributed by atoms with Gasteiger partial charge in [-0.1, -0.05) is 54.6 Å². The molecule has 124 valence electrons. The van der Waals surface area contributed by atoms with Crippen molar-refractivity contribution in [3.05, 3.63) is 90.0 Å². The van der Waals surface area contributed by atoms with Crippen molar-refractivity contribution >= 4 is 17.6 Å². The maximum Gasteiger partial charge on any atom is 0.338 e. The van der Waals surface area contributed by atoms with Crippen LogP contribution in [0.3, 0.4) is 0 Å². The van der Waals surface area contributed by atoms with Gasteiger partial charge in [-0.2, -0.15) is 0 Å². The van der Waals surface area contributed by atoms with E-state index in [1.807, 2.05) is 54.6 Å². The van der Waals surface area contributed by atoms with E-state index in [0.717, 1.165) is 11.1 Å². The standard InChI is InChI=1S/C21H17NO3/c1-25-21(24)19-10-6-5-9-18(19)20(23)22-17-13-11-16(12-14-17)15-7-3-2-4-8-15/h2-14H,1H3,(H,22,23). The van der Waals surface area contributed by atoms with Crippen molar-refractivity contribution in [2.24, 2.45) is 0 Å². The highest BCUT2D eigenvalue weighted by Crippen LogP contribution is 2.21. The number of amides is 1. The van der Waals surface area contributed by atoms with Crippen molar-refractivity contribution in [2.45, 2.75) is 0 Å². The molecule has 1 N–H and O–H groups in total. The lowest BCUT2D eigenvalue weighted by Gasteiger charge is -2.09. The third-order valence-electron chi connectivity index (χ3n) is 3.83. The minimum atomic E-state index is -0.537. The van der Waals surface area contributed by atoms with E-state index >= 15 is 0 Å². The lowest BCUT2D eigenvalue weighted by molar-refractivity contribution is 0.0597. The van der Waals surface area contributed by atoms with Crippen LogP contribution in [0.1, 0.15) is 20.7 Å². The second kappa shape index (κ2) is 7.45. The Labute approximate surface area is 146 Å². The van der Waals surface area contributed by atoms with E-state index in [0.29, 0.717) is 5.69 Å². The smallest absolute Gasteiger partial charge is 0.338 e. The Kier molecular flexibility index (Phi) is 4.90. The molecule has 3 aromatic rings. The van der Waals surface area contributed by atoms with Crippen molar-refractivity contribution in [3.8, 4) is 11.1 Å². The van der Waals surface area contributed by atoms with Gasteiger partial charge in [0.2, 0.25) is 0 Å². The molecule has 0 radical (unpaired) electrons. The molecule has 0 aliphatic rings. The van der Waals surface area contributed by atoms with Crippen LogP contribution >= 0.6 is 0 Å². The molecule has 25 heavy (non-hydrogen) atoms. The lowest BCUT2D eigenvalue weighted by Crippen LogP contribution is -2.17. The van der Waals surface area contributed by atoms with Crippen LogP contribution in [0.15, 0.2) is 78.9 Å². The fourth-order valence-corrected chi connectivity index (χ4v) is 2.54. The predicted octanol–water partition coefficient (Wildman–Crippen LogP) is 4.39. The second-order valence-electron chi connectivity index (χ2n) is 5.43. The summed E-state index contributed by atoms with van der Waals surface area (Å²) < 4.78 is 4.72. The van der Waals surface area contributed by atoms with Crippen LogP contribution in [0.25, 0.3) is 11.1 Å². The van der Waals surface area contributed by atoms with Crippen molar-refractivity contribution in [1.82, 2.24) is 0 Å². The summed E-state index contributed by atoms with van der Waals surface area (Å²) in [4.78, 5) is 24.3. The van der Waals surface area contributed by atoms with Gasteiger partial charge in [0.05, 0.1) is 18.2 Å². The number of anilines is 1. The fourth-order valence-electron chi connectivity index (χ4n) is 2.54. The molecule has 0 atom stereocenters. The van der Waals surface area contributed by atoms with E-state index in [-0.39, 0.29) is 17.0 Å². The maximum absolute atomic E-state index is 12.5. The van der Waals surface area contributed by atoms with E-state index in [9.17, 15) is 9.59 Å². The number of nitrogens with one attached hydrogen (secondary N) is 1. The molecule has 4 heteroatoms. The molecule has 0 saturated carbocycles. The monoisotopic (exact) mass is 331 g/mol. The SMILES string of the molecule is COC(=O)c1ccccc1C(=O)Nc1ccc(-c2ccccc2)cc1. The molecule has 0 bridgehead atoms. The summed E-state index contributed by atoms with van der Waals surface area (Å²) in [6.07, 6.45) is 0. The first-order valence-corrected chi connectivity index (χ1v) is 7.83. The van der Waals surface area contributed by atoms with Crippen LogP contribution in [0.5, 0.6) is 0 Å². The quantitative estimate of drug-likeness (QED) is 0.721. The topological polar surface area (TPSA) is 55.4 Å². The molecule has 4 nitrogen and oxygen atoms in total. The minimum Gasteiger partial charge on any atom is -0.465 e. The Hall–Kier alpha value is -3.40. The van der Waals surface area contributed by atoms with Crippen molar-refractivity contribution in [3.63, 3.8) is 0 Å². The first kappa shape index (κ1) is 16.5. The van der Waals surface area contributed by atoms with Crippen molar-refractivity contribution in [1.29, 1.82) is 0 Å². The molecule has 3 aromatic carbocycles. The zero-order valence-electron chi connectivity index (χ0n) is 13.7. The largest absolute Gasteiger partial charge is 0.465 e. The number of benzene rings is 3. The summed E-state index contributed by atoms with van der Waals surface area (Å²) in [5, 5.41) is 2.81. The highest BCUT2D eigenvalue weighted by Gasteiger charge is 2.17. The molecular formula is C21H17NO3. The molecule has 0 saturated heterocycles. The number of rotatable bonds is 4. The lowest BCUT2D eigenvalue weighted by atomic mass is 10.0. The molecule has 0 spiro atoms. The van der Waals surface area contributed by atoms with Gasteiger partial charge in [-0.25, -0.2) is 4.79 Å². The van der Waals surface area contributed by atoms with Crippen molar-refractivity contribution in [2.75, 3.05) is 12.4 Å². The second-order valence-corrected chi connectivity index (χ2v) is 5.43. The van der Waals surface area contributed by atoms with E-state index in [4.69, 9.17) is 4.74 Å². The van der Waals surface area contributed by atoms with Crippen LogP contribution in [0.2, 0.25) is 0 Å². The van der Waals surface area contributed by atoms with E-state index in [2.05, 4.69) is 5.32 Å². The Morgan fingerprint density at radius 3 is 1.92 bits per heavy atom. The third kappa shape index (κ3) is 3.75. The minimum absolute atomic E-state index is 0.239. The van der Waals surface area contributed by atoms with Crippen LogP contribution in [-0.2, 0) is 4.74 Å². The number of hydrogen-bond acceptors (Lipinski definition) is 3. The number of methoxy groups -OCH3 is 1. The van der Waals surface area contributed by atoms with E-state index in [1.165, 1.54) is 7.11 Å². The molecular weight excluding hydrogens is 314 g/mol. The number of carbonyl (C=O) groups excluding carboxylic acids is 2. The number of esters is 1. The number of carbonyl (C=O) groups is 2. The van der Waals surface area contributed by atoms with Gasteiger partial charge >= 0.3 is 5.97 Å². The van der Waals surface area contributed by atoms with Gasteiger partial charge < -0.3 is 10.1 Å². The van der Waals surface area contributed by atoms with Gasteiger partial charge in [-0.3, -0.25) is 4.79 Å². The number of ether oxygens (including phenoxy) is 1. The summed E-state index contributed by atoms with van der Waals surface area (Å²) in [6.45, 7) is 0.